The van der Waals surface area contributed by atoms with Crippen molar-refractivity contribution in [1.29, 1.82) is 0 Å². The maximum Gasteiger partial charge on any atom is 0.227 e. The summed E-state index contributed by atoms with van der Waals surface area (Å²) >= 11 is 0. The first-order valence-corrected chi connectivity index (χ1v) is 12.1. The Morgan fingerprint density at radius 2 is 1.61 bits per heavy atom. The van der Waals surface area contributed by atoms with Gasteiger partial charge in [-0.1, -0.05) is 12.1 Å². The highest BCUT2D eigenvalue weighted by Crippen LogP contribution is 2.35. The number of aromatic nitrogens is 6. The predicted molar refractivity (Wildman–Crippen MR) is 140 cm³/mol. The summed E-state index contributed by atoms with van der Waals surface area (Å²) in [5.41, 5.74) is 5.95. The summed E-state index contributed by atoms with van der Waals surface area (Å²) in [5.74, 6) is 1.37. The van der Waals surface area contributed by atoms with Crippen LogP contribution in [0.3, 0.4) is 0 Å². The Labute approximate surface area is 209 Å². The number of aryl methyl sites for hydroxylation is 2. The quantitative estimate of drug-likeness (QED) is 0.374. The molecule has 9 heteroatoms. The average Bonchev–Trinajstić information content (AvgIpc) is 3.53. The van der Waals surface area contributed by atoms with Gasteiger partial charge < -0.3 is 15.4 Å². The van der Waals surface area contributed by atoms with Crippen molar-refractivity contribution in [3.63, 3.8) is 0 Å². The molecule has 0 aliphatic carbocycles. The second-order valence-electron chi connectivity index (χ2n) is 9.18. The fraction of sp³-hybridized carbons (Fsp3) is 0.259. The van der Waals surface area contributed by atoms with E-state index in [0.717, 1.165) is 70.5 Å². The fourth-order valence-electron chi connectivity index (χ4n) is 4.54. The number of nitrogens with one attached hydrogen (secondary N) is 2. The minimum absolute atomic E-state index is 0.178. The molecule has 1 fully saturated rings. The molecule has 5 aromatic rings. The fourth-order valence-corrected chi connectivity index (χ4v) is 4.54. The lowest BCUT2D eigenvalue weighted by Gasteiger charge is -2.25. The predicted octanol–water partition coefficient (Wildman–Crippen LogP) is 4.31. The summed E-state index contributed by atoms with van der Waals surface area (Å²) in [7, 11) is 3.83. The summed E-state index contributed by atoms with van der Waals surface area (Å²) in [6, 6.07) is 12.3. The normalized spacial score (nSPS) is 14.3. The number of rotatable bonds is 6. The van der Waals surface area contributed by atoms with Gasteiger partial charge >= 0.3 is 0 Å². The Kier molecular flexibility index (Phi) is 5.82. The molecule has 0 saturated carbocycles. The van der Waals surface area contributed by atoms with E-state index >= 15 is 0 Å². The second-order valence-corrected chi connectivity index (χ2v) is 9.18. The van der Waals surface area contributed by atoms with Crippen LogP contribution in [0.25, 0.3) is 33.2 Å². The molecule has 2 aromatic carbocycles. The molecule has 36 heavy (non-hydrogen) atoms. The summed E-state index contributed by atoms with van der Waals surface area (Å²) in [6.07, 6.45) is 11.7. The number of nitrogens with zero attached hydrogens (tertiary/aromatic N) is 6. The van der Waals surface area contributed by atoms with Gasteiger partial charge in [-0.2, -0.15) is 10.2 Å². The summed E-state index contributed by atoms with van der Waals surface area (Å²) < 4.78 is 10.1. The van der Waals surface area contributed by atoms with E-state index in [1.165, 1.54) is 0 Å². The molecule has 3 aromatic heterocycles. The Morgan fingerprint density at radius 3 is 2.31 bits per heavy atom. The van der Waals surface area contributed by atoms with E-state index < -0.39 is 0 Å². The third-order valence-electron chi connectivity index (χ3n) is 6.46. The zero-order chi connectivity index (χ0) is 24.5. The molecule has 1 aliphatic heterocycles. The van der Waals surface area contributed by atoms with Gasteiger partial charge in [0.25, 0.3) is 0 Å². The van der Waals surface area contributed by atoms with Crippen molar-refractivity contribution in [2.24, 2.45) is 14.1 Å². The van der Waals surface area contributed by atoms with Crippen LogP contribution in [-0.4, -0.2) is 48.7 Å². The Morgan fingerprint density at radius 1 is 0.889 bits per heavy atom. The SMILES string of the molecule is Cn1cc(-c2ccc(Nc3ncc4cc(-c5cnn(C)c5)c(OC5CCNCC5)cc4n3)cc2)cn1. The molecule has 2 N–H and O–H groups in total. The largest absolute Gasteiger partial charge is 0.490 e. The molecule has 4 heterocycles. The van der Waals surface area contributed by atoms with Crippen molar-refractivity contribution in [1.82, 2.24) is 34.8 Å². The number of hydrogen-bond donors (Lipinski definition) is 2. The Bertz CT molecular complexity index is 1500. The van der Waals surface area contributed by atoms with Gasteiger partial charge in [0, 0.05) is 66.5 Å². The molecule has 0 bridgehead atoms. The Hall–Kier alpha value is -4.24. The molecule has 1 aliphatic rings. The van der Waals surface area contributed by atoms with Crippen LogP contribution < -0.4 is 15.4 Å². The first-order chi connectivity index (χ1) is 17.6. The van der Waals surface area contributed by atoms with Gasteiger partial charge in [-0.25, -0.2) is 9.97 Å². The summed E-state index contributed by atoms with van der Waals surface area (Å²) in [5, 5.41) is 16.3. The van der Waals surface area contributed by atoms with Crippen molar-refractivity contribution in [2.45, 2.75) is 18.9 Å². The molecular formula is C27H28N8O. The standard InChI is InChI=1S/C27H28N8O/c1-34-16-20(14-30-34)18-3-5-22(6-4-18)32-27-29-13-19-11-24(21-15-31-35(2)17-21)26(12-25(19)33-27)36-23-7-9-28-10-8-23/h3-6,11-17,23,28H,7-10H2,1-2H3,(H,29,32,33). The monoisotopic (exact) mass is 480 g/mol. The van der Waals surface area contributed by atoms with Gasteiger partial charge in [-0.3, -0.25) is 9.36 Å². The van der Waals surface area contributed by atoms with Crippen LogP contribution in [0.15, 0.2) is 67.4 Å². The minimum atomic E-state index is 0.178. The zero-order valence-corrected chi connectivity index (χ0v) is 20.3. The first-order valence-electron chi connectivity index (χ1n) is 12.1. The van der Waals surface area contributed by atoms with E-state index in [0.29, 0.717) is 5.95 Å². The summed E-state index contributed by atoms with van der Waals surface area (Å²) in [4.78, 5) is 9.37. The van der Waals surface area contributed by atoms with Crippen LogP contribution in [0, 0.1) is 0 Å². The molecule has 6 rings (SSSR count). The van der Waals surface area contributed by atoms with Gasteiger partial charge in [-0.05, 0) is 49.7 Å². The van der Waals surface area contributed by atoms with E-state index in [1.807, 2.05) is 63.3 Å². The molecule has 182 valence electrons. The number of ether oxygens (including phenoxy) is 1. The number of piperidine rings is 1. The smallest absolute Gasteiger partial charge is 0.227 e. The van der Waals surface area contributed by atoms with Gasteiger partial charge in [0.05, 0.1) is 17.9 Å². The topological polar surface area (TPSA) is 94.7 Å². The molecule has 0 spiro atoms. The minimum Gasteiger partial charge on any atom is -0.490 e. The van der Waals surface area contributed by atoms with Gasteiger partial charge in [0.1, 0.15) is 11.9 Å². The molecule has 0 atom stereocenters. The van der Waals surface area contributed by atoms with Gasteiger partial charge in [0.2, 0.25) is 5.95 Å². The highest BCUT2D eigenvalue weighted by molar-refractivity contribution is 5.88. The Balaban J connectivity index is 1.30. The molecule has 0 radical (unpaired) electrons. The third-order valence-corrected chi connectivity index (χ3v) is 6.46. The van der Waals surface area contributed by atoms with Crippen molar-refractivity contribution < 1.29 is 4.74 Å². The second kappa shape index (κ2) is 9.43. The van der Waals surface area contributed by atoms with E-state index in [4.69, 9.17) is 9.72 Å². The zero-order valence-electron chi connectivity index (χ0n) is 20.3. The van der Waals surface area contributed by atoms with Crippen LogP contribution in [0.4, 0.5) is 11.6 Å². The van der Waals surface area contributed by atoms with Crippen LogP contribution in [0.5, 0.6) is 5.75 Å². The number of fused-ring (bicyclic) bond motifs is 1. The molecular weight excluding hydrogens is 452 g/mol. The molecule has 1 saturated heterocycles. The molecule has 9 nitrogen and oxygen atoms in total. The maximum absolute atomic E-state index is 6.51. The van der Waals surface area contributed by atoms with Crippen molar-refractivity contribution in [3.8, 4) is 28.0 Å². The maximum atomic E-state index is 6.51. The highest BCUT2D eigenvalue weighted by Gasteiger charge is 2.19. The molecule has 0 unspecified atom stereocenters. The van der Waals surface area contributed by atoms with Crippen molar-refractivity contribution >= 4 is 22.5 Å². The lowest BCUT2D eigenvalue weighted by molar-refractivity contribution is 0.163. The van der Waals surface area contributed by atoms with E-state index in [-0.39, 0.29) is 6.10 Å². The number of benzene rings is 2. The third kappa shape index (κ3) is 4.65. The van der Waals surface area contributed by atoms with Crippen LogP contribution in [0.1, 0.15) is 12.8 Å². The van der Waals surface area contributed by atoms with Crippen molar-refractivity contribution in [2.75, 3.05) is 18.4 Å². The number of hydrogen-bond acceptors (Lipinski definition) is 7. The lowest BCUT2D eigenvalue weighted by atomic mass is 10.0. The highest BCUT2D eigenvalue weighted by atomic mass is 16.5. The van der Waals surface area contributed by atoms with E-state index in [9.17, 15) is 0 Å². The lowest BCUT2D eigenvalue weighted by Crippen LogP contribution is -2.34. The van der Waals surface area contributed by atoms with E-state index in [1.54, 1.807) is 9.36 Å². The first kappa shape index (κ1) is 22.2. The van der Waals surface area contributed by atoms with E-state index in [2.05, 4.69) is 44.0 Å². The van der Waals surface area contributed by atoms with Crippen molar-refractivity contribution in [3.05, 3.63) is 67.4 Å². The molecule has 0 amide bonds. The summed E-state index contributed by atoms with van der Waals surface area (Å²) in [6.45, 7) is 1.94. The van der Waals surface area contributed by atoms with Gasteiger partial charge in [0.15, 0.2) is 0 Å². The van der Waals surface area contributed by atoms with Crippen LogP contribution in [0.2, 0.25) is 0 Å². The van der Waals surface area contributed by atoms with Crippen LogP contribution in [-0.2, 0) is 14.1 Å². The van der Waals surface area contributed by atoms with Gasteiger partial charge in [-0.15, -0.1) is 0 Å². The number of anilines is 2. The van der Waals surface area contributed by atoms with Crippen LogP contribution >= 0.6 is 0 Å². The average molecular weight is 481 g/mol.